The fraction of sp³-hybridized carbons (Fsp3) is 0.727. The fourth-order valence-corrected chi connectivity index (χ4v) is 2.75. The van der Waals surface area contributed by atoms with Crippen LogP contribution in [0.3, 0.4) is 0 Å². The van der Waals surface area contributed by atoms with Crippen LogP contribution < -0.4 is 5.32 Å². The smallest absolute Gasteiger partial charge is 0.0897 e. The van der Waals surface area contributed by atoms with Gasteiger partial charge in [-0.1, -0.05) is 0 Å². The van der Waals surface area contributed by atoms with E-state index in [9.17, 15) is 0 Å². The first-order valence-electron chi connectivity index (χ1n) is 5.54. The van der Waals surface area contributed by atoms with Gasteiger partial charge in [0.25, 0.3) is 0 Å². The maximum absolute atomic E-state index is 4.53. The molecule has 3 nitrogen and oxygen atoms in total. The van der Waals surface area contributed by atoms with Crippen molar-refractivity contribution in [3.8, 4) is 0 Å². The third-order valence-electron chi connectivity index (χ3n) is 3.02. The van der Waals surface area contributed by atoms with Gasteiger partial charge in [0.05, 0.1) is 10.7 Å². The van der Waals surface area contributed by atoms with Crippen molar-refractivity contribution in [3.05, 3.63) is 16.1 Å². The van der Waals surface area contributed by atoms with Crippen LogP contribution in [0.2, 0.25) is 0 Å². The highest BCUT2D eigenvalue weighted by Crippen LogP contribution is 2.16. The van der Waals surface area contributed by atoms with Crippen molar-refractivity contribution >= 4 is 11.3 Å². The summed E-state index contributed by atoms with van der Waals surface area (Å²) < 4.78 is 0. The van der Waals surface area contributed by atoms with E-state index in [4.69, 9.17) is 0 Å². The summed E-state index contributed by atoms with van der Waals surface area (Å²) in [4.78, 5) is 7.06. The van der Waals surface area contributed by atoms with Crippen LogP contribution in [0.25, 0.3) is 0 Å². The average Bonchev–Trinajstić information content (AvgIpc) is 2.58. The second kappa shape index (κ2) is 4.60. The summed E-state index contributed by atoms with van der Waals surface area (Å²) in [5, 5.41) is 6.79. The summed E-state index contributed by atoms with van der Waals surface area (Å²) in [5.74, 6) is 0. The molecule has 0 radical (unpaired) electrons. The van der Waals surface area contributed by atoms with Crippen LogP contribution in [0.4, 0.5) is 0 Å². The van der Waals surface area contributed by atoms with Crippen LogP contribution in [-0.2, 0) is 6.54 Å². The molecule has 1 aromatic rings. The lowest BCUT2D eigenvalue weighted by molar-refractivity contribution is 0.107. The zero-order valence-electron chi connectivity index (χ0n) is 9.66. The number of aryl methyl sites for hydroxylation is 1. The molecular formula is C11H19N3S. The number of rotatable bonds is 2. The van der Waals surface area contributed by atoms with Crippen LogP contribution in [0.1, 0.15) is 24.5 Å². The van der Waals surface area contributed by atoms with Crippen molar-refractivity contribution in [1.29, 1.82) is 0 Å². The van der Waals surface area contributed by atoms with E-state index in [1.807, 2.05) is 0 Å². The minimum absolute atomic E-state index is 0.607. The molecule has 4 heteroatoms. The molecule has 0 aliphatic carbocycles. The summed E-state index contributed by atoms with van der Waals surface area (Å²) in [5.41, 5.74) is 1.22. The zero-order chi connectivity index (χ0) is 10.8. The summed E-state index contributed by atoms with van der Waals surface area (Å²) in [6, 6.07) is 1.21. The standard InChI is InChI=1S/C11H19N3S/c1-8-4-12-5-9(2)14(8)6-11-7-15-10(3)13-11/h7-9,12H,4-6H2,1-3H3/t8-,9+. The monoisotopic (exact) mass is 225 g/mol. The highest BCUT2D eigenvalue weighted by molar-refractivity contribution is 7.09. The summed E-state index contributed by atoms with van der Waals surface area (Å²) in [7, 11) is 0. The quantitative estimate of drug-likeness (QED) is 0.829. The Morgan fingerprint density at radius 3 is 2.67 bits per heavy atom. The van der Waals surface area contributed by atoms with Gasteiger partial charge in [-0.3, -0.25) is 4.90 Å². The van der Waals surface area contributed by atoms with Crippen molar-refractivity contribution in [2.24, 2.45) is 0 Å². The molecule has 15 heavy (non-hydrogen) atoms. The molecular weight excluding hydrogens is 206 g/mol. The first-order chi connectivity index (χ1) is 7.16. The Morgan fingerprint density at radius 1 is 1.47 bits per heavy atom. The van der Waals surface area contributed by atoms with Gasteiger partial charge in [-0.25, -0.2) is 4.98 Å². The largest absolute Gasteiger partial charge is 0.314 e. The Hall–Kier alpha value is -0.450. The summed E-state index contributed by atoms with van der Waals surface area (Å²) in [6.07, 6.45) is 0. The van der Waals surface area contributed by atoms with Gasteiger partial charge in [-0.15, -0.1) is 11.3 Å². The number of piperazine rings is 1. The molecule has 1 aliphatic heterocycles. The summed E-state index contributed by atoms with van der Waals surface area (Å²) >= 11 is 1.74. The van der Waals surface area contributed by atoms with E-state index in [0.717, 1.165) is 19.6 Å². The molecule has 2 heterocycles. The number of aromatic nitrogens is 1. The predicted molar refractivity (Wildman–Crippen MR) is 64.2 cm³/mol. The van der Waals surface area contributed by atoms with Crippen molar-refractivity contribution < 1.29 is 0 Å². The topological polar surface area (TPSA) is 28.2 Å². The zero-order valence-corrected chi connectivity index (χ0v) is 10.5. The number of thiazole rings is 1. The molecule has 0 bridgehead atoms. The molecule has 1 aromatic heterocycles. The van der Waals surface area contributed by atoms with Crippen molar-refractivity contribution in [2.75, 3.05) is 13.1 Å². The third kappa shape index (κ3) is 2.56. The van der Waals surface area contributed by atoms with E-state index in [2.05, 4.69) is 41.4 Å². The Balaban J connectivity index is 2.03. The summed E-state index contributed by atoms with van der Waals surface area (Å²) in [6.45, 7) is 9.80. The maximum Gasteiger partial charge on any atom is 0.0897 e. The number of nitrogens with one attached hydrogen (secondary N) is 1. The van der Waals surface area contributed by atoms with Crippen molar-refractivity contribution in [2.45, 2.75) is 39.4 Å². The highest BCUT2D eigenvalue weighted by atomic mass is 32.1. The van der Waals surface area contributed by atoms with Crippen LogP contribution >= 0.6 is 11.3 Å². The van der Waals surface area contributed by atoms with E-state index >= 15 is 0 Å². The van der Waals surface area contributed by atoms with Gasteiger partial charge in [0.2, 0.25) is 0 Å². The molecule has 2 atom stereocenters. The molecule has 1 saturated heterocycles. The number of nitrogens with zero attached hydrogens (tertiary/aromatic N) is 2. The maximum atomic E-state index is 4.53. The van der Waals surface area contributed by atoms with E-state index < -0.39 is 0 Å². The molecule has 0 spiro atoms. The minimum atomic E-state index is 0.607. The van der Waals surface area contributed by atoms with Gasteiger partial charge >= 0.3 is 0 Å². The SMILES string of the molecule is Cc1nc(CN2[C@H](C)CNC[C@@H]2C)cs1. The lowest BCUT2D eigenvalue weighted by atomic mass is 10.1. The third-order valence-corrected chi connectivity index (χ3v) is 3.85. The Morgan fingerprint density at radius 2 is 2.13 bits per heavy atom. The lowest BCUT2D eigenvalue weighted by Crippen LogP contribution is -2.54. The molecule has 0 amide bonds. The molecule has 0 saturated carbocycles. The first kappa shape index (κ1) is 11.0. The van der Waals surface area contributed by atoms with Crippen LogP contribution in [0.15, 0.2) is 5.38 Å². The van der Waals surface area contributed by atoms with Crippen LogP contribution in [0, 0.1) is 6.92 Å². The second-order valence-corrected chi connectivity index (χ2v) is 5.45. The van der Waals surface area contributed by atoms with Gasteiger partial charge in [0.15, 0.2) is 0 Å². The highest BCUT2D eigenvalue weighted by Gasteiger charge is 2.24. The first-order valence-corrected chi connectivity index (χ1v) is 6.42. The normalized spacial score (nSPS) is 28.2. The van der Waals surface area contributed by atoms with Gasteiger partial charge in [0, 0.05) is 37.1 Å². The number of hydrogen-bond donors (Lipinski definition) is 1. The molecule has 0 unspecified atom stereocenters. The van der Waals surface area contributed by atoms with Gasteiger partial charge < -0.3 is 5.32 Å². The van der Waals surface area contributed by atoms with Crippen molar-refractivity contribution in [1.82, 2.24) is 15.2 Å². The second-order valence-electron chi connectivity index (χ2n) is 4.39. The fourth-order valence-electron chi connectivity index (χ4n) is 2.15. The van der Waals surface area contributed by atoms with Gasteiger partial charge in [0.1, 0.15) is 0 Å². The Kier molecular flexibility index (Phi) is 3.38. The van der Waals surface area contributed by atoms with E-state index in [1.54, 1.807) is 11.3 Å². The lowest BCUT2D eigenvalue weighted by Gasteiger charge is -2.38. The predicted octanol–water partition coefficient (Wildman–Crippen LogP) is 1.63. The van der Waals surface area contributed by atoms with Gasteiger partial charge in [-0.2, -0.15) is 0 Å². The average molecular weight is 225 g/mol. The van der Waals surface area contributed by atoms with E-state index in [0.29, 0.717) is 12.1 Å². The molecule has 1 fully saturated rings. The Labute approximate surface area is 95.5 Å². The minimum Gasteiger partial charge on any atom is -0.314 e. The molecule has 1 N–H and O–H groups in total. The molecule has 84 valence electrons. The van der Waals surface area contributed by atoms with E-state index in [-0.39, 0.29) is 0 Å². The molecule has 0 aromatic carbocycles. The van der Waals surface area contributed by atoms with Crippen molar-refractivity contribution in [3.63, 3.8) is 0 Å². The molecule has 1 aliphatic rings. The van der Waals surface area contributed by atoms with Crippen LogP contribution in [-0.4, -0.2) is 35.1 Å². The molecule has 2 rings (SSSR count). The van der Waals surface area contributed by atoms with Crippen LogP contribution in [0.5, 0.6) is 0 Å². The Bertz CT molecular complexity index is 313. The van der Waals surface area contributed by atoms with Gasteiger partial charge in [-0.05, 0) is 20.8 Å². The number of hydrogen-bond acceptors (Lipinski definition) is 4. The van der Waals surface area contributed by atoms with E-state index in [1.165, 1.54) is 10.7 Å².